The van der Waals surface area contributed by atoms with Gasteiger partial charge in [-0.2, -0.15) is 0 Å². The smallest absolute Gasteiger partial charge is 0.0320 e. The first-order chi connectivity index (χ1) is 6.43. The molecule has 2 N–H and O–H groups in total. The van der Waals surface area contributed by atoms with E-state index in [1.807, 2.05) is 0 Å². The fourth-order valence-corrected chi connectivity index (χ4v) is 1.70. The van der Waals surface area contributed by atoms with Gasteiger partial charge < -0.3 is 5.73 Å². The lowest BCUT2D eigenvalue weighted by molar-refractivity contribution is 0.512. The van der Waals surface area contributed by atoms with Crippen LogP contribution in [-0.2, 0) is 0 Å². The molecule has 14 heavy (non-hydrogen) atoms. The van der Waals surface area contributed by atoms with E-state index in [9.17, 15) is 0 Å². The van der Waals surface area contributed by atoms with E-state index in [1.165, 1.54) is 22.3 Å². The Balaban J connectivity index is 3.15. The summed E-state index contributed by atoms with van der Waals surface area (Å²) in [5.74, 6) is 0.496. The Kier molecular flexibility index (Phi) is 3.33. The molecule has 0 aliphatic rings. The average molecular weight is 191 g/mol. The van der Waals surface area contributed by atoms with E-state index in [0.29, 0.717) is 5.92 Å². The molecule has 78 valence electrons. The van der Waals surface area contributed by atoms with E-state index >= 15 is 0 Å². The molecule has 0 aliphatic heterocycles. The maximum atomic E-state index is 6.16. The van der Waals surface area contributed by atoms with Gasteiger partial charge in [0.15, 0.2) is 0 Å². The van der Waals surface area contributed by atoms with Crippen LogP contribution in [-0.4, -0.2) is 0 Å². The van der Waals surface area contributed by atoms with Gasteiger partial charge in [0.25, 0.3) is 0 Å². The van der Waals surface area contributed by atoms with Crippen molar-refractivity contribution in [2.45, 2.75) is 40.7 Å². The summed E-state index contributed by atoms with van der Waals surface area (Å²) in [6.07, 6.45) is 0. The number of hydrogen-bond acceptors (Lipinski definition) is 1. The monoisotopic (exact) mass is 191 g/mol. The van der Waals surface area contributed by atoms with Crippen LogP contribution in [0.4, 0.5) is 0 Å². The van der Waals surface area contributed by atoms with Crippen LogP contribution < -0.4 is 5.73 Å². The zero-order valence-electron chi connectivity index (χ0n) is 9.89. The Labute approximate surface area is 87.3 Å². The van der Waals surface area contributed by atoms with Crippen molar-refractivity contribution in [2.24, 2.45) is 11.7 Å². The van der Waals surface area contributed by atoms with Crippen LogP contribution in [0.25, 0.3) is 0 Å². The molecule has 0 aromatic heterocycles. The summed E-state index contributed by atoms with van der Waals surface area (Å²) >= 11 is 0. The molecule has 1 nitrogen and oxygen atoms in total. The van der Waals surface area contributed by atoms with Crippen LogP contribution in [0.2, 0.25) is 0 Å². The summed E-state index contributed by atoms with van der Waals surface area (Å²) in [6.45, 7) is 10.8. The van der Waals surface area contributed by atoms with Crippen molar-refractivity contribution in [2.75, 3.05) is 0 Å². The molecule has 1 aromatic rings. The quantitative estimate of drug-likeness (QED) is 0.763. The van der Waals surface area contributed by atoms with E-state index in [1.54, 1.807) is 0 Å². The van der Waals surface area contributed by atoms with Crippen molar-refractivity contribution in [3.05, 3.63) is 34.4 Å². The minimum atomic E-state index is 0.161. The van der Waals surface area contributed by atoms with Crippen molar-refractivity contribution in [1.82, 2.24) is 0 Å². The topological polar surface area (TPSA) is 26.0 Å². The third kappa shape index (κ3) is 2.16. The van der Waals surface area contributed by atoms with Crippen LogP contribution in [0, 0.1) is 26.7 Å². The van der Waals surface area contributed by atoms with Gasteiger partial charge in [-0.25, -0.2) is 0 Å². The summed E-state index contributed by atoms with van der Waals surface area (Å²) in [5.41, 5.74) is 11.5. The highest BCUT2D eigenvalue weighted by Crippen LogP contribution is 2.24. The summed E-state index contributed by atoms with van der Waals surface area (Å²) in [4.78, 5) is 0. The molecule has 0 radical (unpaired) electrons. The van der Waals surface area contributed by atoms with E-state index in [4.69, 9.17) is 5.73 Å². The molecule has 0 bridgehead atoms. The standard InChI is InChI=1S/C13H21N/c1-8(2)13(14)12-7-10(4)9(3)6-11(12)5/h6-8,13H,14H2,1-5H3/t13-/m0/s1. The Morgan fingerprint density at radius 2 is 1.43 bits per heavy atom. The number of hydrogen-bond donors (Lipinski definition) is 1. The number of aryl methyl sites for hydroxylation is 3. The van der Waals surface area contributed by atoms with Gasteiger partial charge in [-0.05, 0) is 48.9 Å². The second kappa shape index (κ2) is 4.14. The van der Waals surface area contributed by atoms with Gasteiger partial charge in [0.2, 0.25) is 0 Å². The molecule has 0 unspecified atom stereocenters. The molecule has 0 saturated carbocycles. The van der Waals surface area contributed by atoms with Crippen molar-refractivity contribution in [3.63, 3.8) is 0 Å². The van der Waals surface area contributed by atoms with E-state index in [2.05, 4.69) is 46.8 Å². The number of benzene rings is 1. The third-order valence-electron chi connectivity index (χ3n) is 2.96. The summed E-state index contributed by atoms with van der Waals surface area (Å²) in [6, 6.07) is 4.62. The maximum absolute atomic E-state index is 6.16. The van der Waals surface area contributed by atoms with Gasteiger partial charge in [-0.15, -0.1) is 0 Å². The largest absolute Gasteiger partial charge is 0.324 e. The summed E-state index contributed by atoms with van der Waals surface area (Å²) < 4.78 is 0. The fourth-order valence-electron chi connectivity index (χ4n) is 1.70. The lowest BCUT2D eigenvalue weighted by atomic mass is 9.90. The van der Waals surface area contributed by atoms with E-state index in [-0.39, 0.29) is 6.04 Å². The van der Waals surface area contributed by atoms with Gasteiger partial charge in [-0.1, -0.05) is 26.0 Å². The first-order valence-electron chi connectivity index (χ1n) is 5.26. The molecule has 1 heteroatoms. The molecular formula is C13H21N. The Morgan fingerprint density at radius 1 is 0.929 bits per heavy atom. The molecule has 0 heterocycles. The molecule has 1 atom stereocenters. The zero-order chi connectivity index (χ0) is 10.9. The molecular weight excluding hydrogens is 170 g/mol. The Morgan fingerprint density at radius 3 is 1.93 bits per heavy atom. The third-order valence-corrected chi connectivity index (χ3v) is 2.96. The fraction of sp³-hybridized carbons (Fsp3) is 0.538. The van der Waals surface area contributed by atoms with E-state index < -0.39 is 0 Å². The molecule has 1 rings (SSSR count). The average Bonchev–Trinajstić information content (AvgIpc) is 2.10. The Hall–Kier alpha value is -0.820. The molecule has 0 fully saturated rings. The highest BCUT2D eigenvalue weighted by molar-refractivity contribution is 5.38. The SMILES string of the molecule is Cc1cc(C)c([C@@H](N)C(C)C)cc1C. The molecule has 0 amide bonds. The van der Waals surface area contributed by atoms with Gasteiger partial charge >= 0.3 is 0 Å². The minimum absolute atomic E-state index is 0.161. The molecule has 0 aliphatic carbocycles. The van der Waals surface area contributed by atoms with Crippen molar-refractivity contribution < 1.29 is 0 Å². The highest BCUT2D eigenvalue weighted by Gasteiger charge is 2.13. The first-order valence-corrected chi connectivity index (χ1v) is 5.26. The molecule has 1 aromatic carbocycles. The second-order valence-corrected chi connectivity index (χ2v) is 4.56. The lowest BCUT2D eigenvalue weighted by Gasteiger charge is -2.19. The van der Waals surface area contributed by atoms with Gasteiger partial charge in [0.1, 0.15) is 0 Å². The predicted octanol–water partition coefficient (Wildman–Crippen LogP) is 3.27. The maximum Gasteiger partial charge on any atom is 0.0320 e. The molecule has 0 spiro atoms. The summed E-state index contributed by atoms with van der Waals surface area (Å²) in [7, 11) is 0. The number of nitrogens with two attached hydrogens (primary N) is 1. The van der Waals surface area contributed by atoms with Crippen LogP contribution in [0.15, 0.2) is 12.1 Å². The predicted molar refractivity (Wildman–Crippen MR) is 62.4 cm³/mol. The van der Waals surface area contributed by atoms with Gasteiger partial charge in [-0.3, -0.25) is 0 Å². The lowest BCUT2D eigenvalue weighted by Crippen LogP contribution is -2.18. The van der Waals surface area contributed by atoms with Gasteiger partial charge in [0, 0.05) is 6.04 Å². The molecule has 0 saturated heterocycles. The van der Waals surface area contributed by atoms with Crippen molar-refractivity contribution in [3.8, 4) is 0 Å². The van der Waals surface area contributed by atoms with Crippen LogP contribution in [0.3, 0.4) is 0 Å². The minimum Gasteiger partial charge on any atom is -0.324 e. The Bertz CT molecular complexity index is 326. The van der Waals surface area contributed by atoms with Gasteiger partial charge in [0.05, 0.1) is 0 Å². The normalized spacial score (nSPS) is 13.4. The number of rotatable bonds is 2. The first kappa shape index (κ1) is 11.3. The van der Waals surface area contributed by atoms with Crippen LogP contribution in [0.1, 0.15) is 42.1 Å². The van der Waals surface area contributed by atoms with Crippen molar-refractivity contribution >= 4 is 0 Å². The van der Waals surface area contributed by atoms with Crippen LogP contribution >= 0.6 is 0 Å². The zero-order valence-corrected chi connectivity index (χ0v) is 9.89. The highest BCUT2D eigenvalue weighted by atomic mass is 14.6. The second-order valence-electron chi connectivity index (χ2n) is 4.56. The van der Waals surface area contributed by atoms with Crippen LogP contribution in [0.5, 0.6) is 0 Å². The van der Waals surface area contributed by atoms with Crippen molar-refractivity contribution in [1.29, 1.82) is 0 Å². The van der Waals surface area contributed by atoms with E-state index in [0.717, 1.165) is 0 Å². The summed E-state index contributed by atoms with van der Waals surface area (Å²) in [5, 5.41) is 0.